The predicted octanol–water partition coefficient (Wildman–Crippen LogP) is 2.26. The number of benzene rings is 2. The first kappa shape index (κ1) is 20.0. The number of anilines is 2. The van der Waals surface area contributed by atoms with E-state index in [2.05, 4.69) is 41.1 Å². The number of para-hydroxylation sites is 1. The number of hydrazone groups is 1. The third kappa shape index (κ3) is 4.51. The number of nitrogens with one attached hydrogen (secondary N) is 2. The quantitative estimate of drug-likeness (QED) is 0.294. The maximum Gasteiger partial charge on any atom is 0.293 e. The summed E-state index contributed by atoms with van der Waals surface area (Å²) in [7, 11) is 0. The van der Waals surface area contributed by atoms with Crippen LogP contribution in [-0.2, 0) is 6.54 Å². The lowest BCUT2D eigenvalue weighted by Gasteiger charge is -2.08. The van der Waals surface area contributed by atoms with Crippen LogP contribution in [0.2, 0.25) is 5.02 Å². The highest BCUT2D eigenvalue weighted by Crippen LogP contribution is 2.18. The average molecular weight is 438 g/mol. The topological polar surface area (TPSA) is 149 Å². The molecule has 2 heterocycles. The molecule has 1 amide bonds. The summed E-state index contributed by atoms with van der Waals surface area (Å²) in [5.41, 5.74) is 10.1. The van der Waals surface area contributed by atoms with Gasteiger partial charge in [0.2, 0.25) is 11.6 Å². The van der Waals surface area contributed by atoms with Crippen LogP contribution in [0.1, 0.15) is 21.7 Å². The highest BCUT2D eigenvalue weighted by Gasteiger charge is 2.23. The largest absolute Gasteiger partial charge is 0.379 e. The van der Waals surface area contributed by atoms with Gasteiger partial charge in [-0.15, -0.1) is 5.10 Å². The number of halogens is 1. The minimum Gasteiger partial charge on any atom is -0.379 e. The molecule has 0 aliphatic heterocycles. The summed E-state index contributed by atoms with van der Waals surface area (Å²) in [6.07, 6.45) is 1.44. The van der Waals surface area contributed by atoms with E-state index in [0.29, 0.717) is 16.3 Å². The maximum atomic E-state index is 12.7. The second-order valence-corrected chi connectivity index (χ2v) is 6.62. The molecule has 0 aliphatic carbocycles. The van der Waals surface area contributed by atoms with Crippen molar-refractivity contribution in [3.63, 3.8) is 0 Å². The Labute approximate surface area is 180 Å². The zero-order valence-electron chi connectivity index (χ0n) is 15.9. The van der Waals surface area contributed by atoms with E-state index < -0.39 is 5.91 Å². The van der Waals surface area contributed by atoms with Crippen molar-refractivity contribution in [3.05, 3.63) is 76.6 Å². The minimum atomic E-state index is -0.575. The molecule has 0 saturated heterocycles. The fourth-order valence-corrected chi connectivity index (χ4v) is 2.86. The van der Waals surface area contributed by atoms with Gasteiger partial charge in [0.15, 0.2) is 5.69 Å². The van der Waals surface area contributed by atoms with E-state index >= 15 is 0 Å². The molecule has 11 nitrogen and oxygen atoms in total. The molecule has 156 valence electrons. The lowest BCUT2D eigenvalue weighted by atomic mass is 10.2. The van der Waals surface area contributed by atoms with Gasteiger partial charge >= 0.3 is 0 Å². The van der Waals surface area contributed by atoms with Crippen molar-refractivity contribution in [1.29, 1.82) is 0 Å². The van der Waals surface area contributed by atoms with Gasteiger partial charge in [-0.2, -0.15) is 9.78 Å². The standard InChI is InChI=1S/C19H16ClN9O2/c20-14-9-5-4-6-12(14)10-23-25-19(30)16-15(11-22-13-7-2-1-3-8-13)29(28-24-16)18-17(21)26-31-27-18/h1-10,22H,11H2,(H2,21,26)(H,25,30)/b23-10-. The number of amides is 1. The summed E-state index contributed by atoms with van der Waals surface area (Å²) in [5.74, 6) is -0.444. The summed E-state index contributed by atoms with van der Waals surface area (Å²) in [4.78, 5) is 12.7. The lowest BCUT2D eigenvalue weighted by molar-refractivity contribution is 0.0949. The summed E-state index contributed by atoms with van der Waals surface area (Å²) >= 11 is 6.08. The van der Waals surface area contributed by atoms with Gasteiger partial charge in [0.1, 0.15) is 0 Å². The SMILES string of the molecule is Nc1nonc1-n1nnc(C(=O)N/N=C\c2ccccc2Cl)c1CNc1ccccc1. The Bertz CT molecular complexity index is 1220. The number of carbonyl (C=O) groups excluding carboxylic acids is 1. The second kappa shape index (κ2) is 9.05. The van der Waals surface area contributed by atoms with Crippen LogP contribution in [0.5, 0.6) is 0 Å². The number of nitrogens with zero attached hydrogens (tertiary/aromatic N) is 6. The number of hydrogen-bond donors (Lipinski definition) is 3. The molecule has 31 heavy (non-hydrogen) atoms. The Morgan fingerprint density at radius 2 is 1.94 bits per heavy atom. The molecule has 4 rings (SSSR count). The highest BCUT2D eigenvalue weighted by atomic mass is 35.5. The van der Waals surface area contributed by atoms with Crippen LogP contribution in [0.4, 0.5) is 11.5 Å². The third-order valence-electron chi connectivity index (χ3n) is 4.18. The van der Waals surface area contributed by atoms with Crippen molar-refractivity contribution < 1.29 is 9.42 Å². The summed E-state index contributed by atoms with van der Waals surface area (Å²) in [5, 5.41) is 22.9. The molecule has 0 bridgehead atoms. The van der Waals surface area contributed by atoms with Gasteiger partial charge in [0.05, 0.1) is 18.5 Å². The number of hydrogen-bond acceptors (Lipinski definition) is 9. The summed E-state index contributed by atoms with van der Waals surface area (Å²) in [6, 6.07) is 16.5. The van der Waals surface area contributed by atoms with Crippen molar-refractivity contribution in [2.45, 2.75) is 6.54 Å². The first-order valence-electron chi connectivity index (χ1n) is 9.03. The Morgan fingerprint density at radius 1 is 1.16 bits per heavy atom. The molecule has 2 aromatic heterocycles. The molecule has 0 radical (unpaired) electrons. The van der Waals surface area contributed by atoms with E-state index in [1.54, 1.807) is 18.2 Å². The summed E-state index contributed by atoms with van der Waals surface area (Å²) < 4.78 is 5.93. The van der Waals surface area contributed by atoms with Crippen molar-refractivity contribution in [2.75, 3.05) is 11.1 Å². The van der Waals surface area contributed by atoms with E-state index in [1.807, 2.05) is 36.4 Å². The van der Waals surface area contributed by atoms with Gasteiger partial charge in [0.25, 0.3) is 5.91 Å². The molecule has 4 aromatic rings. The molecule has 0 aliphatic rings. The van der Waals surface area contributed by atoms with Gasteiger partial charge in [-0.3, -0.25) is 4.79 Å². The van der Waals surface area contributed by atoms with Crippen molar-refractivity contribution in [2.24, 2.45) is 5.10 Å². The normalized spacial score (nSPS) is 11.0. The van der Waals surface area contributed by atoms with Crippen LogP contribution in [0.25, 0.3) is 5.82 Å². The number of nitrogen functional groups attached to an aromatic ring is 1. The predicted molar refractivity (Wildman–Crippen MR) is 114 cm³/mol. The first-order valence-corrected chi connectivity index (χ1v) is 9.41. The lowest BCUT2D eigenvalue weighted by Crippen LogP contribution is -2.21. The van der Waals surface area contributed by atoms with Crippen LogP contribution >= 0.6 is 11.6 Å². The van der Waals surface area contributed by atoms with E-state index in [1.165, 1.54) is 10.9 Å². The van der Waals surface area contributed by atoms with Gasteiger partial charge in [-0.25, -0.2) is 10.1 Å². The second-order valence-electron chi connectivity index (χ2n) is 6.21. The fraction of sp³-hybridized carbons (Fsp3) is 0.0526. The molecule has 0 spiro atoms. The Kier molecular flexibility index (Phi) is 5.85. The van der Waals surface area contributed by atoms with Crippen LogP contribution in [-0.4, -0.2) is 37.4 Å². The highest BCUT2D eigenvalue weighted by molar-refractivity contribution is 6.33. The van der Waals surface area contributed by atoms with E-state index in [-0.39, 0.29) is 23.9 Å². The van der Waals surface area contributed by atoms with Gasteiger partial charge in [-0.1, -0.05) is 53.2 Å². The van der Waals surface area contributed by atoms with Crippen LogP contribution in [0.3, 0.4) is 0 Å². The molecule has 0 atom stereocenters. The minimum absolute atomic E-state index is 0.00885. The molecular weight excluding hydrogens is 422 g/mol. The molecular formula is C19H16ClN9O2. The Hall–Kier alpha value is -4.25. The Balaban J connectivity index is 1.58. The molecule has 2 aromatic carbocycles. The van der Waals surface area contributed by atoms with Gasteiger partial charge in [-0.05, 0) is 28.5 Å². The monoisotopic (exact) mass is 437 g/mol. The fourth-order valence-electron chi connectivity index (χ4n) is 2.68. The van der Waals surface area contributed by atoms with E-state index in [4.69, 9.17) is 17.3 Å². The third-order valence-corrected chi connectivity index (χ3v) is 4.53. The van der Waals surface area contributed by atoms with Crippen LogP contribution in [0.15, 0.2) is 64.3 Å². The number of carbonyl (C=O) groups is 1. The number of nitrogens with two attached hydrogens (primary N) is 1. The first-order chi connectivity index (χ1) is 15.1. The zero-order valence-corrected chi connectivity index (χ0v) is 16.7. The summed E-state index contributed by atoms with van der Waals surface area (Å²) in [6.45, 7) is 0.195. The van der Waals surface area contributed by atoms with Gasteiger partial charge in [0, 0.05) is 16.3 Å². The molecule has 12 heteroatoms. The molecule has 0 unspecified atom stereocenters. The molecule has 4 N–H and O–H groups in total. The van der Waals surface area contributed by atoms with Gasteiger partial charge < -0.3 is 11.1 Å². The number of aromatic nitrogens is 5. The smallest absolute Gasteiger partial charge is 0.293 e. The van der Waals surface area contributed by atoms with Crippen LogP contribution in [0, 0.1) is 0 Å². The Morgan fingerprint density at radius 3 is 2.68 bits per heavy atom. The zero-order chi connectivity index (χ0) is 21.6. The average Bonchev–Trinajstić information content (AvgIpc) is 3.40. The van der Waals surface area contributed by atoms with E-state index in [0.717, 1.165) is 5.69 Å². The number of rotatable bonds is 7. The molecule has 0 fully saturated rings. The van der Waals surface area contributed by atoms with E-state index in [9.17, 15) is 4.79 Å². The van der Waals surface area contributed by atoms with Crippen molar-refractivity contribution in [1.82, 2.24) is 30.7 Å². The van der Waals surface area contributed by atoms with Crippen LogP contribution < -0.4 is 16.5 Å². The van der Waals surface area contributed by atoms with Crippen molar-refractivity contribution in [3.8, 4) is 5.82 Å². The molecule has 0 saturated carbocycles. The van der Waals surface area contributed by atoms with Crippen molar-refractivity contribution >= 4 is 35.2 Å². The maximum absolute atomic E-state index is 12.7.